The van der Waals surface area contributed by atoms with Crippen LogP contribution < -0.4 is 0 Å². The Morgan fingerprint density at radius 1 is 1.32 bits per heavy atom. The lowest BCUT2D eigenvalue weighted by atomic mass is 10.0. The summed E-state index contributed by atoms with van der Waals surface area (Å²) in [6, 6.07) is 10.5. The first-order valence-electron chi connectivity index (χ1n) is 8.35. The van der Waals surface area contributed by atoms with Crippen LogP contribution in [0.4, 0.5) is 5.69 Å². The van der Waals surface area contributed by atoms with Crippen molar-refractivity contribution in [3.05, 3.63) is 58.4 Å². The third kappa shape index (κ3) is 4.41. The second-order valence-corrected chi connectivity index (χ2v) is 6.52. The van der Waals surface area contributed by atoms with Crippen LogP contribution in [-0.4, -0.2) is 68.9 Å². The average Bonchev–Trinajstić information content (AvgIpc) is 3.06. The molecule has 0 aliphatic carbocycles. The van der Waals surface area contributed by atoms with Gasteiger partial charge in [0.2, 0.25) is 0 Å². The summed E-state index contributed by atoms with van der Waals surface area (Å²) in [5, 5.41) is 25.1. The molecule has 2 heterocycles. The number of piperazine rings is 1. The predicted molar refractivity (Wildman–Crippen MR) is 93.1 cm³/mol. The Morgan fingerprint density at radius 2 is 2.08 bits per heavy atom. The first-order valence-corrected chi connectivity index (χ1v) is 8.35. The lowest BCUT2D eigenvalue weighted by molar-refractivity contribution is -0.385. The van der Waals surface area contributed by atoms with Gasteiger partial charge in [0.05, 0.1) is 17.6 Å². The van der Waals surface area contributed by atoms with Crippen LogP contribution in [0, 0.1) is 10.1 Å². The van der Waals surface area contributed by atoms with Gasteiger partial charge in [-0.05, 0) is 12.6 Å². The van der Waals surface area contributed by atoms with Gasteiger partial charge in [0.1, 0.15) is 12.4 Å². The number of rotatable bonds is 6. The Kier molecular flexibility index (Phi) is 5.42. The van der Waals surface area contributed by atoms with E-state index in [-0.39, 0.29) is 18.3 Å². The molecule has 1 saturated heterocycles. The number of nitro groups is 1. The minimum absolute atomic E-state index is 0.0611. The quantitative estimate of drug-likeness (QED) is 0.624. The summed E-state index contributed by atoms with van der Waals surface area (Å²) >= 11 is 0. The van der Waals surface area contributed by atoms with Crippen molar-refractivity contribution in [2.24, 2.45) is 0 Å². The molecule has 134 valence electrons. The highest BCUT2D eigenvalue weighted by Gasteiger charge is 2.28. The maximum atomic E-state index is 10.7. The van der Waals surface area contributed by atoms with Gasteiger partial charge >= 0.3 is 5.69 Å². The Bertz CT molecular complexity index is 705. The van der Waals surface area contributed by atoms with Crippen molar-refractivity contribution in [1.82, 2.24) is 19.6 Å². The zero-order chi connectivity index (χ0) is 17.8. The summed E-state index contributed by atoms with van der Waals surface area (Å²) in [4.78, 5) is 14.8. The fourth-order valence-electron chi connectivity index (χ4n) is 3.26. The molecule has 0 radical (unpaired) electrons. The van der Waals surface area contributed by atoms with Gasteiger partial charge in [-0.1, -0.05) is 30.3 Å². The number of benzene rings is 1. The molecule has 1 aromatic carbocycles. The van der Waals surface area contributed by atoms with Crippen molar-refractivity contribution < 1.29 is 10.0 Å². The van der Waals surface area contributed by atoms with Gasteiger partial charge in [0.25, 0.3) is 0 Å². The van der Waals surface area contributed by atoms with Gasteiger partial charge in [0.15, 0.2) is 0 Å². The van der Waals surface area contributed by atoms with Crippen molar-refractivity contribution in [1.29, 1.82) is 0 Å². The number of hydrogen-bond donors (Lipinski definition) is 1. The first-order chi connectivity index (χ1) is 12.0. The highest BCUT2D eigenvalue weighted by atomic mass is 16.6. The highest BCUT2D eigenvalue weighted by Crippen LogP contribution is 2.25. The molecule has 2 aromatic rings. The molecule has 1 aliphatic heterocycles. The molecule has 1 fully saturated rings. The molecular weight excluding hydrogens is 322 g/mol. The van der Waals surface area contributed by atoms with E-state index in [1.807, 2.05) is 18.2 Å². The molecule has 1 N–H and O–H groups in total. The van der Waals surface area contributed by atoms with Crippen molar-refractivity contribution in [3.63, 3.8) is 0 Å². The molecule has 1 aromatic heterocycles. The summed E-state index contributed by atoms with van der Waals surface area (Å²) in [5.74, 6) is 0. The molecule has 0 amide bonds. The molecule has 8 nitrogen and oxygen atoms in total. The molecule has 3 rings (SSSR count). The monoisotopic (exact) mass is 345 g/mol. The first kappa shape index (κ1) is 17.5. The second-order valence-electron chi connectivity index (χ2n) is 6.52. The van der Waals surface area contributed by atoms with E-state index in [1.165, 1.54) is 22.6 Å². The summed E-state index contributed by atoms with van der Waals surface area (Å²) in [6.07, 6.45) is 1.91. The Labute approximate surface area is 146 Å². The largest absolute Gasteiger partial charge is 0.390 e. The third-order valence-corrected chi connectivity index (χ3v) is 4.55. The molecule has 25 heavy (non-hydrogen) atoms. The second kappa shape index (κ2) is 7.73. The van der Waals surface area contributed by atoms with Gasteiger partial charge in [-0.2, -0.15) is 5.10 Å². The summed E-state index contributed by atoms with van der Waals surface area (Å²) < 4.78 is 1.43. The van der Waals surface area contributed by atoms with Crippen LogP contribution in [0.3, 0.4) is 0 Å². The average molecular weight is 345 g/mol. The van der Waals surface area contributed by atoms with Crippen molar-refractivity contribution in [2.45, 2.75) is 18.7 Å². The van der Waals surface area contributed by atoms with E-state index in [9.17, 15) is 15.2 Å². The van der Waals surface area contributed by atoms with Crippen LogP contribution in [0.2, 0.25) is 0 Å². The summed E-state index contributed by atoms with van der Waals surface area (Å²) in [7, 11) is 2.10. The molecule has 0 saturated carbocycles. The van der Waals surface area contributed by atoms with Crippen LogP contribution >= 0.6 is 0 Å². The van der Waals surface area contributed by atoms with Gasteiger partial charge < -0.3 is 10.0 Å². The minimum Gasteiger partial charge on any atom is -0.390 e. The van der Waals surface area contributed by atoms with Gasteiger partial charge in [0, 0.05) is 32.2 Å². The Morgan fingerprint density at radius 3 is 2.76 bits per heavy atom. The van der Waals surface area contributed by atoms with Crippen LogP contribution in [0.1, 0.15) is 11.6 Å². The molecular formula is C17H23N5O3. The van der Waals surface area contributed by atoms with Crippen LogP contribution in [0.15, 0.2) is 42.7 Å². The van der Waals surface area contributed by atoms with E-state index in [1.54, 1.807) is 0 Å². The Balaban J connectivity index is 1.65. The Hall–Kier alpha value is -2.29. The van der Waals surface area contributed by atoms with Crippen LogP contribution in [0.5, 0.6) is 0 Å². The van der Waals surface area contributed by atoms with Crippen molar-refractivity contribution in [2.75, 3.05) is 33.2 Å². The highest BCUT2D eigenvalue weighted by molar-refractivity contribution is 5.21. The smallest absolute Gasteiger partial charge is 0.306 e. The lowest BCUT2D eigenvalue weighted by Crippen LogP contribution is -2.49. The number of aliphatic hydroxyl groups excluding tert-OH is 1. The van der Waals surface area contributed by atoms with Crippen molar-refractivity contribution in [3.8, 4) is 0 Å². The standard InChI is InChI=1S/C17H23N5O3/c1-19-7-8-20(17(13-19)14-5-3-2-4-6-14)11-16(23)12-21-10-15(9-18-21)22(24)25/h2-6,9-10,16-17,23H,7-8,11-13H2,1H3. The topological polar surface area (TPSA) is 87.7 Å². The molecule has 8 heteroatoms. The van der Waals surface area contributed by atoms with E-state index in [0.717, 1.165) is 19.6 Å². The van der Waals surface area contributed by atoms with Gasteiger partial charge in [-0.15, -0.1) is 0 Å². The SMILES string of the molecule is CN1CCN(CC(O)Cn2cc([N+](=O)[O-])cn2)C(c2ccccc2)C1. The maximum absolute atomic E-state index is 10.7. The summed E-state index contributed by atoms with van der Waals surface area (Å²) in [5.41, 5.74) is 1.17. The molecule has 0 bridgehead atoms. The van der Waals surface area contributed by atoms with E-state index in [4.69, 9.17) is 0 Å². The van der Waals surface area contributed by atoms with E-state index in [0.29, 0.717) is 6.54 Å². The molecule has 2 unspecified atom stereocenters. The van der Waals surface area contributed by atoms with Crippen molar-refractivity contribution >= 4 is 5.69 Å². The number of hydrogen-bond acceptors (Lipinski definition) is 6. The van der Waals surface area contributed by atoms with Gasteiger partial charge in [-0.25, -0.2) is 0 Å². The lowest BCUT2D eigenvalue weighted by Gasteiger charge is -2.41. The minimum atomic E-state index is -0.644. The van der Waals surface area contributed by atoms with E-state index < -0.39 is 11.0 Å². The zero-order valence-electron chi connectivity index (χ0n) is 14.2. The number of nitrogens with zero attached hydrogens (tertiary/aromatic N) is 5. The predicted octanol–water partition coefficient (Wildman–Crippen LogP) is 1.14. The fraction of sp³-hybridized carbons (Fsp3) is 0.471. The van der Waals surface area contributed by atoms with Crippen LogP contribution in [-0.2, 0) is 6.54 Å². The number of aliphatic hydroxyl groups is 1. The third-order valence-electron chi connectivity index (χ3n) is 4.55. The zero-order valence-corrected chi connectivity index (χ0v) is 14.2. The fourth-order valence-corrected chi connectivity index (χ4v) is 3.26. The van der Waals surface area contributed by atoms with E-state index in [2.05, 4.69) is 34.1 Å². The molecule has 0 spiro atoms. The number of likely N-dealkylation sites (N-methyl/N-ethyl adjacent to an activating group) is 1. The normalized spacial score (nSPS) is 20.5. The summed E-state index contributed by atoms with van der Waals surface area (Å²) in [6.45, 7) is 3.46. The molecule has 2 atom stereocenters. The number of aromatic nitrogens is 2. The number of β-amino-alcohol motifs (C(OH)–C–C–N with tert-alkyl or cyclic N) is 1. The van der Waals surface area contributed by atoms with Gasteiger partial charge in [-0.3, -0.25) is 19.7 Å². The van der Waals surface area contributed by atoms with Crippen LogP contribution in [0.25, 0.3) is 0 Å². The maximum Gasteiger partial charge on any atom is 0.306 e. The van der Waals surface area contributed by atoms with E-state index >= 15 is 0 Å². The molecule has 1 aliphatic rings.